The summed E-state index contributed by atoms with van der Waals surface area (Å²) in [5.41, 5.74) is 0.0162. The molecular formula is C25H25FN6O9. The second-order valence-electron chi connectivity index (χ2n) is 8.85. The minimum absolute atomic E-state index is 0.0229. The molecule has 1 aliphatic rings. The average Bonchev–Trinajstić information content (AvgIpc) is 3.37. The van der Waals surface area contributed by atoms with E-state index >= 15 is 4.39 Å². The number of amides is 2. The van der Waals surface area contributed by atoms with Gasteiger partial charge in [-0.25, -0.2) is 19.0 Å². The third kappa shape index (κ3) is 6.66. The van der Waals surface area contributed by atoms with Crippen molar-refractivity contribution in [2.24, 2.45) is 0 Å². The predicted octanol–water partition coefficient (Wildman–Crippen LogP) is 2.63. The van der Waals surface area contributed by atoms with Gasteiger partial charge in [0.05, 0.1) is 13.7 Å². The van der Waals surface area contributed by atoms with Gasteiger partial charge in [0.15, 0.2) is 6.10 Å². The van der Waals surface area contributed by atoms with Crippen LogP contribution >= 0.6 is 0 Å². The first kappa shape index (κ1) is 28.7. The standard InChI is InChI=1S/C25H25FN6O9/c1-14(33)27-6-3-7-31(25(36)39-2)16-4-5-18(20(26)9-16)15-8-19(23(34)35)22(28-10-15)41-17-11-30-12-21(32(37)38)29-24(30)40-13-17/h4-5,8-10,12,17H,3,6-7,11,13H2,1-2H3,(H,27,33)(H,34,35)/t17-/m0/s1. The molecule has 0 fully saturated rings. The number of carboxylic acid groups (broad SMARTS) is 1. The lowest BCUT2D eigenvalue weighted by molar-refractivity contribution is -0.389. The van der Waals surface area contributed by atoms with Crippen LogP contribution in [0.25, 0.3) is 11.1 Å². The number of benzene rings is 1. The van der Waals surface area contributed by atoms with Gasteiger partial charge >= 0.3 is 23.9 Å². The van der Waals surface area contributed by atoms with E-state index in [1.54, 1.807) is 0 Å². The molecule has 41 heavy (non-hydrogen) atoms. The molecule has 16 heteroatoms. The maximum absolute atomic E-state index is 15.2. The Morgan fingerprint density at radius 1 is 1.34 bits per heavy atom. The Bertz CT molecular complexity index is 1490. The molecule has 1 aromatic carbocycles. The third-order valence-electron chi connectivity index (χ3n) is 5.98. The van der Waals surface area contributed by atoms with Crippen LogP contribution in [-0.2, 0) is 16.1 Å². The zero-order valence-corrected chi connectivity index (χ0v) is 21.9. The van der Waals surface area contributed by atoms with Gasteiger partial charge in [-0.1, -0.05) is 0 Å². The molecular weight excluding hydrogens is 547 g/mol. The summed E-state index contributed by atoms with van der Waals surface area (Å²) in [6.45, 7) is 1.84. The van der Waals surface area contributed by atoms with Crippen molar-refractivity contribution in [3.05, 3.63) is 58.2 Å². The number of halogens is 1. The molecule has 1 aliphatic heterocycles. The second-order valence-corrected chi connectivity index (χ2v) is 8.85. The van der Waals surface area contributed by atoms with Crippen LogP contribution in [0.5, 0.6) is 11.9 Å². The van der Waals surface area contributed by atoms with Crippen molar-refractivity contribution in [1.82, 2.24) is 19.9 Å². The normalized spacial score (nSPS) is 13.9. The number of aromatic carboxylic acids is 1. The molecule has 0 saturated heterocycles. The van der Waals surface area contributed by atoms with E-state index in [-0.39, 0.29) is 59.9 Å². The minimum Gasteiger partial charge on any atom is -0.477 e. The summed E-state index contributed by atoms with van der Waals surface area (Å²) >= 11 is 0. The van der Waals surface area contributed by atoms with Crippen LogP contribution in [0, 0.1) is 15.9 Å². The molecule has 216 valence electrons. The number of nitrogens with zero attached hydrogens (tertiary/aromatic N) is 5. The van der Waals surface area contributed by atoms with Crippen LogP contribution in [0.15, 0.2) is 36.7 Å². The van der Waals surface area contributed by atoms with E-state index in [2.05, 4.69) is 15.3 Å². The van der Waals surface area contributed by atoms with Crippen molar-refractivity contribution in [3.63, 3.8) is 0 Å². The zero-order valence-electron chi connectivity index (χ0n) is 21.9. The second kappa shape index (κ2) is 12.3. The number of aromatic nitrogens is 3. The van der Waals surface area contributed by atoms with Gasteiger partial charge in [0.2, 0.25) is 11.8 Å². The van der Waals surface area contributed by atoms with Crippen LogP contribution in [-0.4, -0.2) is 75.4 Å². The average molecular weight is 573 g/mol. The number of rotatable bonds is 10. The molecule has 3 aromatic rings. The fourth-order valence-corrected chi connectivity index (χ4v) is 4.08. The number of methoxy groups -OCH3 is 1. The highest BCUT2D eigenvalue weighted by Gasteiger charge is 2.30. The molecule has 0 bridgehead atoms. The first-order valence-electron chi connectivity index (χ1n) is 12.2. The van der Waals surface area contributed by atoms with Crippen LogP contribution in [0.1, 0.15) is 23.7 Å². The molecule has 0 aliphatic carbocycles. The van der Waals surface area contributed by atoms with Crippen LogP contribution in [0.4, 0.5) is 20.7 Å². The molecule has 2 N–H and O–H groups in total. The number of fused-ring (bicyclic) bond motifs is 1. The lowest BCUT2D eigenvalue weighted by Crippen LogP contribution is -2.35. The van der Waals surface area contributed by atoms with Crippen molar-refractivity contribution in [2.45, 2.75) is 26.0 Å². The summed E-state index contributed by atoms with van der Waals surface area (Å²) in [6, 6.07) is 5.19. The third-order valence-corrected chi connectivity index (χ3v) is 5.98. The Morgan fingerprint density at radius 3 is 2.78 bits per heavy atom. The number of carbonyl (C=O) groups excluding carboxylic acids is 2. The smallest absolute Gasteiger partial charge is 0.414 e. The Labute approximate surface area is 231 Å². The first-order chi connectivity index (χ1) is 19.6. The Balaban J connectivity index is 1.53. The Morgan fingerprint density at radius 2 is 2.12 bits per heavy atom. The number of ether oxygens (including phenoxy) is 3. The van der Waals surface area contributed by atoms with E-state index in [0.29, 0.717) is 13.0 Å². The molecule has 1 atom stereocenters. The van der Waals surface area contributed by atoms with Crippen molar-refractivity contribution in [1.29, 1.82) is 0 Å². The number of nitrogens with one attached hydrogen (secondary N) is 1. The van der Waals surface area contributed by atoms with Crippen molar-refractivity contribution in [2.75, 3.05) is 31.7 Å². The summed E-state index contributed by atoms with van der Waals surface area (Å²) in [5.74, 6) is -3.00. The predicted molar refractivity (Wildman–Crippen MR) is 138 cm³/mol. The largest absolute Gasteiger partial charge is 0.477 e. The Hall–Kier alpha value is -5.28. The van der Waals surface area contributed by atoms with E-state index in [0.717, 1.165) is 6.07 Å². The van der Waals surface area contributed by atoms with Crippen LogP contribution in [0.3, 0.4) is 0 Å². The first-order valence-corrected chi connectivity index (χ1v) is 12.2. The molecule has 0 unspecified atom stereocenters. The fourth-order valence-electron chi connectivity index (χ4n) is 4.08. The number of pyridine rings is 1. The van der Waals surface area contributed by atoms with Gasteiger partial charge in [-0.2, -0.15) is 0 Å². The quantitative estimate of drug-likeness (QED) is 0.206. The number of hydrogen-bond donors (Lipinski definition) is 2. The van der Waals surface area contributed by atoms with Gasteiger partial charge in [-0.3, -0.25) is 14.3 Å². The number of imidazole rings is 1. The number of carboxylic acids is 1. The monoisotopic (exact) mass is 572 g/mol. The number of hydrogen-bond acceptors (Lipinski definition) is 10. The van der Waals surface area contributed by atoms with Gasteiger partial charge in [0.1, 0.15) is 24.2 Å². The number of carbonyl (C=O) groups is 3. The van der Waals surface area contributed by atoms with Gasteiger partial charge in [0, 0.05) is 48.0 Å². The van der Waals surface area contributed by atoms with E-state index in [4.69, 9.17) is 14.2 Å². The summed E-state index contributed by atoms with van der Waals surface area (Å²) in [4.78, 5) is 54.7. The topological polar surface area (TPSA) is 188 Å². The Kier molecular flexibility index (Phi) is 8.60. The molecule has 2 aromatic heterocycles. The number of nitro groups is 1. The molecule has 0 radical (unpaired) electrons. The zero-order chi connectivity index (χ0) is 29.7. The lowest BCUT2D eigenvalue weighted by Gasteiger charge is -2.23. The molecule has 2 amide bonds. The SMILES string of the molecule is COC(=O)N(CCCNC(C)=O)c1ccc(-c2cnc(O[C@@H]3COc4nc([N+](=O)[O-])cn4C3)c(C(=O)O)c2)c(F)c1. The highest BCUT2D eigenvalue weighted by atomic mass is 19.1. The maximum atomic E-state index is 15.2. The van der Waals surface area contributed by atoms with Crippen molar-refractivity contribution >= 4 is 29.5 Å². The molecule has 4 rings (SSSR count). The van der Waals surface area contributed by atoms with Crippen LogP contribution in [0.2, 0.25) is 0 Å². The maximum Gasteiger partial charge on any atom is 0.414 e. The van der Waals surface area contributed by atoms with Gasteiger partial charge in [0.25, 0.3) is 0 Å². The van der Waals surface area contributed by atoms with E-state index in [1.165, 1.54) is 54.1 Å². The minimum atomic E-state index is -1.38. The summed E-state index contributed by atoms with van der Waals surface area (Å²) < 4.78 is 32.5. The van der Waals surface area contributed by atoms with E-state index in [9.17, 15) is 29.6 Å². The molecule has 15 nitrogen and oxygen atoms in total. The fraction of sp³-hybridized carbons (Fsp3) is 0.320. The van der Waals surface area contributed by atoms with Gasteiger partial charge < -0.3 is 34.7 Å². The summed E-state index contributed by atoms with van der Waals surface area (Å²) in [5, 5.41) is 23.4. The summed E-state index contributed by atoms with van der Waals surface area (Å²) in [6.07, 6.45) is 1.34. The van der Waals surface area contributed by atoms with Crippen molar-refractivity contribution < 1.29 is 43.0 Å². The van der Waals surface area contributed by atoms with E-state index in [1.807, 2.05) is 0 Å². The molecule has 3 heterocycles. The molecule has 0 saturated carbocycles. The molecule has 0 spiro atoms. The van der Waals surface area contributed by atoms with Crippen LogP contribution < -0.4 is 19.7 Å². The highest BCUT2D eigenvalue weighted by molar-refractivity contribution is 5.92. The number of anilines is 1. The van der Waals surface area contributed by atoms with Gasteiger partial charge in [-0.05, 0) is 35.6 Å². The highest BCUT2D eigenvalue weighted by Crippen LogP contribution is 2.31. The summed E-state index contributed by atoms with van der Waals surface area (Å²) in [7, 11) is 1.19. The van der Waals surface area contributed by atoms with Gasteiger partial charge in [-0.15, -0.1) is 0 Å². The van der Waals surface area contributed by atoms with E-state index < -0.39 is 34.7 Å². The van der Waals surface area contributed by atoms with Crippen molar-refractivity contribution in [3.8, 4) is 23.0 Å². The lowest BCUT2D eigenvalue weighted by atomic mass is 10.0.